The van der Waals surface area contributed by atoms with Gasteiger partial charge in [0.2, 0.25) is 5.75 Å². The van der Waals surface area contributed by atoms with Gasteiger partial charge in [-0.2, -0.15) is 0 Å². The second kappa shape index (κ2) is 9.66. The van der Waals surface area contributed by atoms with E-state index in [1.165, 1.54) is 11.3 Å². The standard InChI is InChI=1S/C22H31N3O4S/c1-7-24(8-2)15-11-12-25(13-15)22(26)20-14(3)23-21(30-20)16-9-10-17(27-4)19(29-6)18(16)28-5/h9-10,15H,7-8,11-13H2,1-6H3. The van der Waals surface area contributed by atoms with Crippen LogP contribution in [0.2, 0.25) is 0 Å². The highest BCUT2D eigenvalue weighted by Gasteiger charge is 2.32. The number of nitrogens with zero attached hydrogens (tertiary/aromatic N) is 3. The summed E-state index contributed by atoms with van der Waals surface area (Å²) in [6.45, 7) is 9.80. The lowest BCUT2D eigenvalue weighted by Crippen LogP contribution is -2.38. The molecule has 1 aromatic carbocycles. The Morgan fingerprint density at radius 3 is 2.47 bits per heavy atom. The number of likely N-dealkylation sites (tertiary alicyclic amines) is 1. The predicted molar refractivity (Wildman–Crippen MR) is 119 cm³/mol. The molecule has 1 unspecified atom stereocenters. The van der Waals surface area contributed by atoms with Gasteiger partial charge in [-0.15, -0.1) is 11.3 Å². The Morgan fingerprint density at radius 2 is 1.87 bits per heavy atom. The molecule has 0 bridgehead atoms. The van der Waals surface area contributed by atoms with Crippen LogP contribution in [0.4, 0.5) is 0 Å². The molecule has 0 radical (unpaired) electrons. The minimum atomic E-state index is 0.0605. The fourth-order valence-corrected chi connectivity index (χ4v) is 5.14. The molecule has 1 fully saturated rings. The first-order valence-corrected chi connectivity index (χ1v) is 11.1. The van der Waals surface area contributed by atoms with Crippen LogP contribution in [-0.2, 0) is 0 Å². The molecule has 2 heterocycles. The summed E-state index contributed by atoms with van der Waals surface area (Å²) in [6.07, 6.45) is 1.02. The maximum Gasteiger partial charge on any atom is 0.265 e. The van der Waals surface area contributed by atoms with Gasteiger partial charge in [-0.05, 0) is 38.6 Å². The summed E-state index contributed by atoms with van der Waals surface area (Å²) < 4.78 is 16.5. The predicted octanol–water partition coefficient (Wildman–Crippen LogP) is 3.70. The van der Waals surface area contributed by atoms with Crippen molar-refractivity contribution in [2.45, 2.75) is 33.2 Å². The van der Waals surface area contributed by atoms with Gasteiger partial charge >= 0.3 is 0 Å². The van der Waals surface area contributed by atoms with E-state index in [2.05, 4.69) is 23.7 Å². The van der Waals surface area contributed by atoms with E-state index in [4.69, 9.17) is 14.2 Å². The number of aromatic nitrogens is 1. The fraction of sp³-hybridized carbons (Fsp3) is 0.545. The third-order valence-electron chi connectivity index (χ3n) is 5.70. The summed E-state index contributed by atoms with van der Waals surface area (Å²) in [7, 11) is 4.75. The van der Waals surface area contributed by atoms with E-state index in [0.29, 0.717) is 28.2 Å². The molecule has 2 aromatic rings. The number of aryl methyl sites for hydroxylation is 1. The van der Waals surface area contributed by atoms with Crippen LogP contribution in [-0.4, -0.2) is 74.2 Å². The largest absolute Gasteiger partial charge is 0.493 e. The molecule has 0 N–H and O–H groups in total. The second-order valence-electron chi connectivity index (χ2n) is 7.23. The van der Waals surface area contributed by atoms with Crippen LogP contribution in [0.3, 0.4) is 0 Å². The number of hydrogen-bond acceptors (Lipinski definition) is 7. The number of benzene rings is 1. The van der Waals surface area contributed by atoms with Crippen molar-refractivity contribution in [1.29, 1.82) is 0 Å². The molecule has 8 heteroatoms. The molecular weight excluding hydrogens is 402 g/mol. The normalized spacial score (nSPS) is 16.2. The van der Waals surface area contributed by atoms with E-state index in [1.807, 2.05) is 24.0 Å². The summed E-state index contributed by atoms with van der Waals surface area (Å²) >= 11 is 1.40. The van der Waals surface area contributed by atoms with Crippen molar-refractivity contribution < 1.29 is 19.0 Å². The summed E-state index contributed by atoms with van der Waals surface area (Å²) in [5, 5.41) is 0.730. The molecule has 30 heavy (non-hydrogen) atoms. The van der Waals surface area contributed by atoms with Gasteiger partial charge in [-0.25, -0.2) is 4.98 Å². The molecule has 164 valence electrons. The summed E-state index contributed by atoms with van der Waals surface area (Å²) in [5.41, 5.74) is 1.52. The first-order chi connectivity index (χ1) is 14.5. The van der Waals surface area contributed by atoms with Gasteiger partial charge in [-0.3, -0.25) is 9.69 Å². The van der Waals surface area contributed by atoms with Gasteiger partial charge in [-0.1, -0.05) is 13.8 Å². The quantitative estimate of drug-likeness (QED) is 0.633. The van der Waals surface area contributed by atoms with E-state index in [9.17, 15) is 4.79 Å². The smallest absolute Gasteiger partial charge is 0.265 e. The van der Waals surface area contributed by atoms with Crippen molar-refractivity contribution >= 4 is 17.2 Å². The molecule has 0 aliphatic carbocycles. The van der Waals surface area contributed by atoms with Crippen molar-refractivity contribution in [1.82, 2.24) is 14.8 Å². The zero-order valence-corrected chi connectivity index (χ0v) is 19.5. The van der Waals surface area contributed by atoms with E-state index in [1.54, 1.807) is 21.3 Å². The van der Waals surface area contributed by atoms with E-state index < -0.39 is 0 Å². The first kappa shape index (κ1) is 22.4. The Bertz CT molecular complexity index is 895. The number of ether oxygens (including phenoxy) is 3. The minimum Gasteiger partial charge on any atom is -0.493 e. The van der Waals surface area contributed by atoms with E-state index in [0.717, 1.165) is 48.9 Å². The van der Waals surface area contributed by atoms with Gasteiger partial charge in [0.1, 0.15) is 9.88 Å². The number of amides is 1. The van der Waals surface area contributed by atoms with Crippen LogP contribution in [0.15, 0.2) is 12.1 Å². The number of thiazole rings is 1. The number of methoxy groups -OCH3 is 3. The van der Waals surface area contributed by atoms with Crippen molar-refractivity contribution in [2.75, 3.05) is 47.5 Å². The lowest BCUT2D eigenvalue weighted by molar-refractivity contribution is 0.0782. The molecule has 1 atom stereocenters. The monoisotopic (exact) mass is 433 g/mol. The van der Waals surface area contributed by atoms with Crippen LogP contribution >= 0.6 is 11.3 Å². The number of carbonyl (C=O) groups excluding carboxylic acids is 1. The molecule has 7 nitrogen and oxygen atoms in total. The van der Waals surface area contributed by atoms with Crippen LogP contribution in [0, 0.1) is 6.92 Å². The number of likely N-dealkylation sites (N-methyl/N-ethyl adjacent to an activating group) is 1. The van der Waals surface area contributed by atoms with E-state index >= 15 is 0 Å². The molecule has 0 spiro atoms. The van der Waals surface area contributed by atoms with Crippen molar-refractivity contribution in [3.8, 4) is 27.8 Å². The second-order valence-corrected chi connectivity index (χ2v) is 8.23. The maximum absolute atomic E-state index is 13.2. The van der Waals surface area contributed by atoms with Gasteiger partial charge in [0, 0.05) is 19.1 Å². The Morgan fingerprint density at radius 1 is 1.17 bits per heavy atom. The Kier molecular flexibility index (Phi) is 7.20. The molecule has 1 amide bonds. The van der Waals surface area contributed by atoms with Crippen molar-refractivity contribution in [3.05, 3.63) is 22.7 Å². The number of carbonyl (C=O) groups is 1. The topological polar surface area (TPSA) is 64.1 Å². The molecule has 1 saturated heterocycles. The van der Waals surface area contributed by atoms with Gasteiger partial charge in [0.15, 0.2) is 11.5 Å². The fourth-order valence-electron chi connectivity index (χ4n) is 4.09. The Hall–Kier alpha value is -2.32. The third-order valence-corrected chi connectivity index (χ3v) is 6.88. The van der Waals surface area contributed by atoms with Crippen molar-refractivity contribution in [2.24, 2.45) is 0 Å². The average Bonchev–Trinajstić information content (AvgIpc) is 3.40. The summed E-state index contributed by atoms with van der Waals surface area (Å²) in [4.78, 5) is 23.0. The number of rotatable bonds is 8. The number of hydrogen-bond donors (Lipinski definition) is 0. The van der Waals surface area contributed by atoms with Crippen LogP contribution in [0.1, 0.15) is 35.6 Å². The van der Waals surface area contributed by atoms with Crippen LogP contribution in [0.5, 0.6) is 17.2 Å². The maximum atomic E-state index is 13.2. The zero-order chi connectivity index (χ0) is 21.8. The van der Waals surface area contributed by atoms with Crippen molar-refractivity contribution in [3.63, 3.8) is 0 Å². The van der Waals surface area contributed by atoms with Gasteiger partial charge in [0.05, 0.1) is 32.6 Å². The average molecular weight is 434 g/mol. The van der Waals surface area contributed by atoms with Crippen LogP contribution in [0.25, 0.3) is 10.6 Å². The SMILES string of the molecule is CCN(CC)C1CCN(C(=O)c2sc(-c3ccc(OC)c(OC)c3OC)nc2C)C1. The van der Waals surface area contributed by atoms with Crippen LogP contribution < -0.4 is 14.2 Å². The Balaban J connectivity index is 1.89. The van der Waals surface area contributed by atoms with Gasteiger partial charge < -0.3 is 19.1 Å². The zero-order valence-electron chi connectivity index (χ0n) is 18.7. The lowest BCUT2D eigenvalue weighted by Gasteiger charge is -2.26. The molecular formula is C22H31N3O4S. The molecule has 1 aliphatic rings. The lowest BCUT2D eigenvalue weighted by atomic mass is 10.1. The molecule has 1 aromatic heterocycles. The first-order valence-electron chi connectivity index (χ1n) is 10.3. The minimum absolute atomic E-state index is 0.0605. The highest BCUT2D eigenvalue weighted by atomic mass is 32.1. The highest BCUT2D eigenvalue weighted by molar-refractivity contribution is 7.17. The van der Waals surface area contributed by atoms with E-state index in [-0.39, 0.29) is 5.91 Å². The van der Waals surface area contributed by atoms with Gasteiger partial charge in [0.25, 0.3) is 5.91 Å². The summed E-state index contributed by atoms with van der Waals surface area (Å²) in [6, 6.07) is 4.14. The highest BCUT2D eigenvalue weighted by Crippen LogP contribution is 2.45. The molecule has 0 saturated carbocycles. The Labute approximate surface area is 182 Å². The summed E-state index contributed by atoms with van der Waals surface area (Å²) in [5.74, 6) is 1.71. The molecule has 3 rings (SSSR count). The molecule has 1 aliphatic heterocycles. The third kappa shape index (κ3) is 4.11.